The third kappa shape index (κ3) is 3.49. The first kappa shape index (κ1) is 16.3. The maximum atomic E-state index is 12.0. The Balaban J connectivity index is 1.57. The number of anilines is 1. The van der Waals surface area contributed by atoms with Crippen LogP contribution < -0.4 is 10.6 Å². The fourth-order valence-electron chi connectivity index (χ4n) is 2.81. The first-order valence-corrected chi connectivity index (χ1v) is 8.59. The third-order valence-electron chi connectivity index (χ3n) is 3.97. The van der Waals surface area contributed by atoms with Crippen molar-refractivity contribution in [3.8, 4) is 6.07 Å². The van der Waals surface area contributed by atoms with Crippen molar-refractivity contribution in [1.29, 1.82) is 5.26 Å². The molecular weight excluding hydrogens is 324 g/mol. The second-order valence-corrected chi connectivity index (χ2v) is 6.62. The molecule has 0 spiro atoms. The molecule has 24 heavy (non-hydrogen) atoms. The lowest BCUT2D eigenvalue weighted by atomic mass is 9.94. The van der Waals surface area contributed by atoms with Gasteiger partial charge in [0.15, 0.2) is 0 Å². The average Bonchev–Trinajstić information content (AvgIpc) is 2.97. The first-order valence-electron chi connectivity index (χ1n) is 7.78. The van der Waals surface area contributed by atoms with E-state index >= 15 is 0 Å². The van der Waals surface area contributed by atoms with E-state index in [2.05, 4.69) is 21.7 Å². The molecule has 124 valence electrons. The van der Waals surface area contributed by atoms with Crippen LogP contribution in [0.25, 0.3) is 0 Å². The Kier molecular flexibility index (Phi) is 4.96. The summed E-state index contributed by atoms with van der Waals surface area (Å²) >= 11 is 1.57. The van der Waals surface area contributed by atoms with Gasteiger partial charge in [0.25, 0.3) is 0 Å². The predicted octanol–water partition coefficient (Wildman–Crippen LogP) is 2.84. The molecular formula is C17H18N4O2S. The summed E-state index contributed by atoms with van der Waals surface area (Å²) in [5, 5.41) is 16.0. The highest BCUT2D eigenvalue weighted by Crippen LogP contribution is 2.38. The molecule has 2 N–H and O–H groups in total. The van der Waals surface area contributed by atoms with Crippen LogP contribution in [0.3, 0.4) is 0 Å². The number of fused-ring (bicyclic) bond motifs is 1. The minimum absolute atomic E-state index is 0.156. The molecule has 1 unspecified atom stereocenters. The highest BCUT2D eigenvalue weighted by atomic mass is 32.1. The minimum Gasteiger partial charge on any atom is -0.446 e. The molecule has 0 bridgehead atoms. The fraction of sp³-hybridized carbons (Fsp3) is 0.353. The van der Waals surface area contributed by atoms with Gasteiger partial charge in [0.2, 0.25) is 0 Å². The van der Waals surface area contributed by atoms with E-state index < -0.39 is 6.09 Å². The lowest BCUT2D eigenvalue weighted by molar-refractivity contribution is 0.0897. The van der Waals surface area contributed by atoms with Gasteiger partial charge in [-0.1, -0.05) is 6.07 Å². The Morgan fingerprint density at radius 3 is 3.12 bits per heavy atom. The summed E-state index contributed by atoms with van der Waals surface area (Å²) in [7, 11) is 1.82. The number of hydrogen-bond acceptors (Lipinski definition) is 6. The second kappa shape index (κ2) is 7.32. The zero-order chi connectivity index (χ0) is 16.9. The summed E-state index contributed by atoms with van der Waals surface area (Å²) in [5.74, 6) is 0. The molecule has 2 heterocycles. The molecule has 7 heteroatoms. The lowest BCUT2D eigenvalue weighted by Crippen LogP contribution is -2.31. The van der Waals surface area contributed by atoms with Gasteiger partial charge in [-0.25, -0.2) is 4.79 Å². The van der Waals surface area contributed by atoms with Crippen molar-refractivity contribution in [2.24, 2.45) is 0 Å². The Morgan fingerprint density at radius 1 is 1.54 bits per heavy atom. The van der Waals surface area contributed by atoms with E-state index in [1.807, 2.05) is 25.2 Å². The van der Waals surface area contributed by atoms with Gasteiger partial charge in [0.05, 0.1) is 17.8 Å². The van der Waals surface area contributed by atoms with Crippen LogP contribution in [0.5, 0.6) is 0 Å². The molecule has 1 aliphatic rings. The van der Waals surface area contributed by atoms with Crippen LogP contribution in [0.1, 0.15) is 28.1 Å². The molecule has 2 aromatic heterocycles. The Bertz CT molecular complexity index is 767. The topological polar surface area (TPSA) is 87.0 Å². The molecule has 0 saturated carbocycles. The second-order valence-electron chi connectivity index (χ2n) is 5.51. The minimum atomic E-state index is -0.431. The van der Waals surface area contributed by atoms with Gasteiger partial charge >= 0.3 is 6.09 Å². The number of rotatable bonds is 4. The molecule has 0 aliphatic heterocycles. The number of carbonyl (C=O) groups is 1. The van der Waals surface area contributed by atoms with Crippen molar-refractivity contribution in [2.75, 3.05) is 12.4 Å². The highest BCUT2D eigenvalue weighted by Gasteiger charge is 2.27. The number of aromatic nitrogens is 1. The highest BCUT2D eigenvalue weighted by molar-refractivity contribution is 7.16. The average molecular weight is 342 g/mol. The van der Waals surface area contributed by atoms with Crippen LogP contribution in [0, 0.1) is 11.3 Å². The Labute approximate surface area is 144 Å². The Hall–Kier alpha value is -2.59. The molecule has 0 radical (unpaired) electrons. The first-order chi connectivity index (χ1) is 11.7. The van der Waals surface area contributed by atoms with Crippen molar-refractivity contribution in [3.63, 3.8) is 0 Å². The van der Waals surface area contributed by atoms with Crippen LogP contribution in [0.4, 0.5) is 9.80 Å². The number of nitrogens with one attached hydrogen (secondary N) is 2. The largest absolute Gasteiger partial charge is 0.446 e. The van der Waals surface area contributed by atoms with E-state index in [0.717, 1.165) is 39.5 Å². The van der Waals surface area contributed by atoms with Crippen LogP contribution in [-0.4, -0.2) is 24.2 Å². The van der Waals surface area contributed by atoms with E-state index in [4.69, 9.17) is 4.74 Å². The van der Waals surface area contributed by atoms with Crippen LogP contribution in [0.2, 0.25) is 0 Å². The quantitative estimate of drug-likeness (QED) is 0.892. The number of alkyl carbamates (subject to hydrolysis) is 1. The number of nitrogens with zero attached hydrogens (tertiary/aromatic N) is 2. The molecule has 3 rings (SSSR count). The number of ether oxygens (including phenoxy) is 1. The summed E-state index contributed by atoms with van der Waals surface area (Å²) < 4.78 is 5.51. The number of pyridine rings is 1. The maximum Gasteiger partial charge on any atom is 0.407 e. The van der Waals surface area contributed by atoms with Gasteiger partial charge in [-0.15, -0.1) is 11.3 Å². The molecule has 0 fully saturated rings. The van der Waals surface area contributed by atoms with E-state index in [0.29, 0.717) is 13.0 Å². The molecule has 0 saturated heterocycles. The zero-order valence-electron chi connectivity index (χ0n) is 13.3. The van der Waals surface area contributed by atoms with Crippen molar-refractivity contribution in [3.05, 3.63) is 46.1 Å². The molecule has 0 aromatic carbocycles. The molecule has 6 nitrogen and oxygen atoms in total. The standard InChI is InChI=1S/C17H18N4O2S/c1-19-16-14(9-18)13-6-5-12(8-15(13)24-16)23-17(22)21-10-11-4-2-3-7-20-11/h2-4,7,12,19H,5-6,8,10H2,1H3,(H,21,22). The van der Waals surface area contributed by atoms with Crippen LogP contribution in [0.15, 0.2) is 24.4 Å². The van der Waals surface area contributed by atoms with Crippen LogP contribution in [-0.2, 0) is 24.1 Å². The monoisotopic (exact) mass is 342 g/mol. The fourth-order valence-corrected chi connectivity index (χ4v) is 4.03. The Morgan fingerprint density at radius 2 is 2.42 bits per heavy atom. The van der Waals surface area contributed by atoms with Gasteiger partial charge < -0.3 is 15.4 Å². The van der Waals surface area contributed by atoms with Gasteiger partial charge in [-0.3, -0.25) is 4.98 Å². The van der Waals surface area contributed by atoms with Crippen LogP contribution >= 0.6 is 11.3 Å². The van der Waals surface area contributed by atoms with Gasteiger partial charge in [-0.05, 0) is 30.5 Å². The summed E-state index contributed by atoms with van der Waals surface area (Å²) in [5.41, 5.74) is 2.62. The van der Waals surface area contributed by atoms with Gasteiger partial charge in [0, 0.05) is 24.5 Å². The number of amides is 1. The number of carbonyl (C=O) groups excluding carboxylic acids is 1. The van der Waals surface area contributed by atoms with Crippen molar-refractivity contribution >= 4 is 22.4 Å². The number of thiophene rings is 1. The molecule has 1 amide bonds. The summed E-state index contributed by atoms with van der Waals surface area (Å²) in [6.07, 6.45) is 3.25. The van der Waals surface area contributed by atoms with E-state index in [9.17, 15) is 10.1 Å². The van der Waals surface area contributed by atoms with Gasteiger partial charge in [0.1, 0.15) is 17.2 Å². The summed E-state index contributed by atoms with van der Waals surface area (Å²) in [6.45, 7) is 0.346. The number of hydrogen-bond donors (Lipinski definition) is 2. The predicted molar refractivity (Wildman–Crippen MR) is 92.0 cm³/mol. The van der Waals surface area contributed by atoms with Gasteiger partial charge in [-0.2, -0.15) is 5.26 Å². The summed E-state index contributed by atoms with van der Waals surface area (Å²) in [6, 6.07) is 7.82. The van der Waals surface area contributed by atoms with Crippen molar-refractivity contribution < 1.29 is 9.53 Å². The van der Waals surface area contributed by atoms with E-state index in [1.165, 1.54) is 0 Å². The number of nitriles is 1. The smallest absolute Gasteiger partial charge is 0.407 e. The zero-order valence-corrected chi connectivity index (χ0v) is 14.2. The van der Waals surface area contributed by atoms with E-state index in [1.54, 1.807) is 17.5 Å². The maximum absolute atomic E-state index is 12.0. The van der Waals surface area contributed by atoms with E-state index in [-0.39, 0.29) is 6.10 Å². The molecule has 1 atom stereocenters. The lowest BCUT2D eigenvalue weighted by Gasteiger charge is -2.22. The third-order valence-corrected chi connectivity index (χ3v) is 5.24. The normalized spacial score (nSPS) is 15.9. The molecule has 1 aliphatic carbocycles. The molecule has 2 aromatic rings. The SMILES string of the molecule is CNc1sc2c(c1C#N)CCC(OC(=O)NCc1ccccn1)C2. The summed E-state index contributed by atoms with van der Waals surface area (Å²) in [4.78, 5) is 17.2. The van der Waals surface area contributed by atoms with Crippen molar-refractivity contribution in [2.45, 2.75) is 31.9 Å². The van der Waals surface area contributed by atoms with Crippen molar-refractivity contribution in [1.82, 2.24) is 10.3 Å².